The van der Waals surface area contributed by atoms with Crippen LogP contribution in [0.15, 0.2) is 39.0 Å². The van der Waals surface area contributed by atoms with Gasteiger partial charge in [-0.15, -0.1) is 22.7 Å². The van der Waals surface area contributed by atoms with Gasteiger partial charge in [0, 0.05) is 23.5 Å². The molecule has 7 heteroatoms. The van der Waals surface area contributed by atoms with Crippen LogP contribution < -0.4 is 0 Å². The molecule has 96 valence electrons. The highest BCUT2D eigenvalue weighted by atomic mass is 32.2. The van der Waals surface area contributed by atoms with E-state index in [9.17, 15) is 4.79 Å². The molecule has 2 aromatic heterocycles. The first-order valence-electron chi connectivity index (χ1n) is 5.43. The fourth-order valence-electron chi connectivity index (χ4n) is 1.51. The number of aromatic nitrogens is 1. The molecule has 3 rings (SSSR count). The molecule has 3 heterocycles. The Kier molecular flexibility index (Phi) is 3.50. The van der Waals surface area contributed by atoms with Crippen molar-refractivity contribution in [1.29, 1.82) is 0 Å². The average Bonchev–Trinajstić information content (AvgIpc) is 3.11. The number of amidine groups is 1. The van der Waals surface area contributed by atoms with Crippen LogP contribution >= 0.6 is 34.4 Å². The molecule has 0 aromatic carbocycles. The molecular weight excluding hydrogens is 298 g/mol. The Morgan fingerprint density at radius 2 is 2.26 bits per heavy atom. The van der Waals surface area contributed by atoms with Gasteiger partial charge in [0.05, 0.1) is 4.91 Å². The maximum absolute atomic E-state index is 12.1. The van der Waals surface area contributed by atoms with Crippen molar-refractivity contribution in [2.24, 2.45) is 4.99 Å². The van der Waals surface area contributed by atoms with E-state index in [1.165, 1.54) is 23.1 Å². The third kappa shape index (κ3) is 2.63. The maximum Gasteiger partial charge on any atom is 0.266 e. The summed E-state index contributed by atoms with van der Waals surface area (Å²) in [5, 5.41) is 5.19. The lowest BCUT2D eigenvalue weighted by Crippen LogP contribution is -2.23. The van der Waals surface area contributed by atoms with Gasteiger partial charge in [-0.2, -0.15) is 4.99 Å². The van der Waals surface area contributed by atoms with Crippen LogP contribution in [0.2, 0.25) is 0 Å². The van der Waals surface area contributed by atoms with Gasteiger partial charge in [0.15, 0.2) is 5.17 Å². The van der Waals surface area contributed by atoms with E-state index in [4.69, 9.17) is 0 Å². The molecule has 0 aliphatic carbocycles. The first-order chi connectivity index (χ1) is 9.24. The second kappa shape index (κ2) is 5.28. The largest absolute Gasteiger partial charge is 0.289 e. The van der Waals surface area contributed by atoms with Crippen molar-refractivity contribution in [2.75, 3.05) is 7.05 Å². The summed E-state index contributed by atoms with van der Waals surface area (Å²) in [6.07, 6.45) is 3.60. The van der Waals surface area contributed by atoms with Crippen LogP contribution in [0, 0.1) is 0 Å². The Balaban J connectivity index is 1.90. The number of thiazole rings is 1. The normalized spacial score (nSPS) is 19.8. The van der Waals surface area contributed by atoms with Gasteiger partial charge in [0.25, 0.3) is 5.91 Å². The van der Waals surface area contributed by atoms with E-state index in [2.05, 4.69) is 9.98 Å². The van der Waals surface area contributed by atoms with Crippen LogP contribution in [0.3, 0.4) is 0 Å². The third-order valence-corrected chi connectivity index (χ3v) is 4.98. The molecule has 1 aliphatic heterocycles. The van der Waals surface area contributed by atoms with E-state index in [0.29, 0.717) is 15.2 Å². The van der Waals surface area contributed by atoms with Crippen molar-refractivity contribution in [1.82, 2.24) is 9.88 Å². The second-order valence-electron chi connectivity index (χ2n) is 3.70. The maximum atomic E-state index is 12.1. The Morgan fingerprint density at radius 3 is 2.95 bits per heavy atom. The summed E-state index contributed by atoms with van der Waals surface area (Å²) in [4.78, 5) is 23.9. The van der Waals surface area contributed by atoms with Crippen molar-refractivity contribution in [3.63, 3.8) is 0 Å². The van der Waals surface area contributed by atoms with Gasteiger partial charge in [-0.3, -0.25) is 9.69 Å². The minimum Gasteiger partial charge on any atom is -0.289 e. The predicted octanol–water partition coefficient (Wildman–Crippen LogP) is 3.44. The molecule has 0 radical (unpaired) electrons. The van der Waals surface area contributed by atoms with Crippen LogP contribution in [-0.2, 0) is 4.79 Å². The number of rotatable bonds is 2. The van der Waals surface area contributed by atoms with E-state index in [1.54, 1.807) is 29.5 Å². The first-order valence-corrected chi connectivity index (χ1v) is 8.01. The summed E-state index contributed by atoms with van der Waals surface area (Å²) in [6, 6.07) is 3.96. The number of thiophene rings is 1. The molecule has 0 N–H and O–H groups in total. The van der Waals surface area contributed by atoms with Crippen LogP contribution in [0.25, 0.3) is 6.08 Å². The van der Waals surface area contributed by atoms with Gasteiger partial charge in [-0.25, -0.2) is 4.98 Å². The monoisotopic (exact) mass is 307 g/mol. The Morgan fingerprint density at radius 1 is 1.37 bits per heavy atom. The van der Waals surface area contributed by atoms with Crippen molar-refractivity contribution in [3.05, 3.63) is 38.9 Å². The van der Waals surface area contributed by atoms with Crippen LogP contribution in [0.1, 0.15) is 4.88 Å². The van der Waals surface area contributed by atoms with E-state index in [-0.39, 0.29) is 5.91 Å². The molecule has 0 spiro atoms. The van der Waals surface area contributed by atoms with E-state index >= 15 is 0 Å². The van der Waals surface area contributed by atoms with Gasteiger partial charge in [-0.1, -0.05) is 6.07 Å². The van der Waals surface area contributed by atoms with Crippen molar-refractivity contribution in [3.8, 4) is 0 Å². The SMILES string of the molecule is CN1C(=O)/C(=C/c2cccs2)S/C1=N/c1nccs1. The molecule has 1 saturated heterocycles. The topological polar surface area (TPSA) is 45.6 Å². The second-order valence-corrected chi connectivity index (χ2v) is 6.56. The van der Waals surface area contributed by atoms with Gasteiger partial charge in [0.1, 0.15) is 0 Å². The van der Waals surface area contributed by atoms with Crippen LogP contribution in [-0.4, -0.2) is 28.0 Å². The van der Waals surface area contributed by atoms with E-state index < -0.39 is 0 Å². The lowest BCUT2D eigenvalue weighted by atomic mass is 10.4. The number of aliphatic imine (C=N–C) groups is 1. The number of amides is 1. The fourth-order valence-corrected chi connectivity index (χ4v) is 3.76. The Hall–Kier alpha value is -1.44. The predicted molar refractivity (Wildman–Crippen MR) is 81.9 cm³/mol. The summed E-state index contributed by atoms with van der Waals surface area (Å²) in [5.74, 6) is -0.0197. The van der Waals surface area contributed by atoms with Crippen molar-refractivity contribution >= 4 is 56.7 Å². The molecule has 2 aromatic rings. The zero-order valence-electron chi connectivity index (χ0n) is 9.94. The van der Waals surface area contributed by atoms with Crippen molar-refractivity contribution in [2.45, 2.75) is 0 Å². The third-order valence-electron chi connectivity index (χ3n) is 2.43. The zero-order chi connectivity index (χ0) is 13.2. The molecule has 0 atom stereocenters. The fraction of sp³-hybridized carbons (Fsp3) is 0.0833. The molecule has 1 amide bonds. The highest BCUT2D eigenvalue weighted by Crippen LogP contribution is 2.33. The number of nitrogens with zero attached hydrogens (tertiary/aromatic N) is 3. The quantitative estimate of drug-likeness (QED) is 0.798. The summed E-state index contributed by atoms with van der Waals surface area (Å²) in [7, 11) is 1.73. The summed E-state index contributed by atoms with van der Waals surface area (Å²) in [5.41, 5.74) is 0. The number of carbonyl (C=O) groups excluding carboxylic acids is 1. The molecule has 19 heavy (non-hydrogen) atoms. The zero-order valence-corrected chi connectivity index (χ0v) is 12.4. The summed E-state index contributed by atoms with van der Waals surface area (Å²) >= 11 is 4.45. The highest BCUT2D eigenvalue weighted by molar-refractivity contribution is 8.18. The molecule has 4 nitrogen and oxygen atoms in total. The molecular formula is C12H9N3OS3. The summed E-state index contributed by atoms with van der Waals surface area (Å²) in [6.45, 7) is 0. The smallest absolute Gasteiger partial charge is 0.266 e. The molecule has 1 fully saturated rings. The van der Waals surface area contributed by atoms with Gasteiger partial charge in [-0.05, 0) is 29.3 Å². The molecule has 0 saturated carbocycles. The van der Waals surface area contributed by atoms with Gasteiger partial charge >= 0.3 is 0 Å². The molecule has 0 unspecified atom stereocenters. The number of hydrogen-bond donors (Lipinski definition) is 0. The lowest BCUT2D eigenvalue weighted by molar-refractivity contribution is -0.121. The van der Waals surface area contributed by atoms with Crippen molar-refractivity contribution < 1.29 is 4.79 Å². The number of thioether (sulfide) groups is 1. The number of likely N-dealkylation sites (N-methyl/N-ethyl adjacent to an activating group) is 1. The van der Waals surface area contributed by atoms with Gasteiger partial charge < -0.3 is 0 Å². The Bertz CT molecular complexity index is 644. The Labute approximate surface area is 122 Å². The van der Waals surface area contributed by atoms with E-state index in [0.717, 1.165) is 4.88 Å². The first kappa shape index (κ1) is 12.6. The van der Waals surface area contributed by atoms with Crippen LogP contribution in [0.5, 0.6) is 0 Å². The summed E-state index contributed by atoms with van der Waals surface area (Å²) < 4.78 is 0. The number of hydrogen-bond acceptors (Lipinski definition) is 6. The minimum atomic E-state index is -0.0197. The minimum absolute atomic E-state index is 0.0197. The molecule has 0 bridgehead atoms. The highest BCUT2D eigenvalue weighted by Gasteiger charge is 2.30. The molecule has 1 aliphatic rings. The van der Waals surface area contributed by atoms with Gasteiger partial charge in [0.2, 0.25) is 5.13 Å². The van der Waals surface area contributed by atoms with E-state index in [1.807, 2.05) is 29.0 Å². The standard InChI is InChI=1S/C12H9N3OS3/c1-15-10(16)9(7-8-3-2-5-17-8)19-12(15)14-11-13-4-6-18-11/h2-7H,1H3/b9-7-,14-12+. The lowest BCUT2D eigenvalue weighted by Gasteiger charge is -2.05. The average molecular weight is 307 g/mol. The van der Waals surface area contributed by atoms with Crippen LogP contribution in [0.4, 0.5) is 5.13 Å². The number of carbonyl (C=O) groups is 1.